The molecule has 0 radical (unpaired) electrons. The van der Waals surface area contributed by atoms with Crippen molar-refractivity contribution in [1.82, 2.24) is 5.32 Å². The van der Waals surface area contributed by atoms with Gasteiger partial charge < -0.3 is 5.32 Å². The fraction of sp³-hybridized carbons (Fsp3) is 0.462. The Balaban J connectivity index is 2.04. The maximum atomic E-state index is 13.6. The van der Waals surface area contributed by atoms with E-state index in [9.17, 15) is 9.18 Å². The summed E-state index contributed by atoms with van der Waals surface area (Å²) in [7, 11) is 0. The molecule has 2 nitrogen and oxygen atoms in total. The Morgan fingerprint density at radius 2 is 1.94 bits per heavy atom. The van der Waals surface area contributed by atoms with Crippen molar-refractivity contribution in [3.8, 4) is 0 Å². The number of nitrogens with one attached hydrogen (secondary N) is 1. The third kappa shape index (κ3) is 3.15. The second-order valence-electron chi connectivity index (χ2n) is 4.52. The van der Waals surface area contributed by atoms with Crippen LogP contribution in [0.15, 0.2) is 18.2 Å². The largest absolute Gasteiger partial charge is 0.349 e. The van der Waals surface area contributed by atoms with Gasteiger partial charge in [0.05, 0.1) is 10.6 Å². The van der Waals surface area contributed by atoms with Crippen LogP contribution in [0.2, 0.25) is 5.02 Å². The van der Waals surface area contributed by atoms with Gasteiger partial charge in [0.25, 0.3) is 5.91 Å². The van der Waals surface area contributed by atoms with Crippen LogP contribution in [0, 0.1) is 5.82 Å². The zero-order chi connectivity index (χ0) is 13.1. The van der Waals surface area contributed by atoms with Crippen molar-refractivity contribution in [2.24, 2.45) is 0 Å². The second kappa shape index (κ2) is 5.89. The number of hydrogen-bond acceptors (Lipinski definition) is 1. The summed E-state index contributed by atoms with van der Waals surface area (Å²) in [6.07, 6.45) is 3.40. The normalized spacial score (nSPS) is 23.7. The molecule has 0 saturated heterocycles. The molecule has 0 atom stereocenters. The maximum Gasteiger partial charge on any atom is 0.255 e. The van der Waals surface area contributed by atoms with Gasteiger partial charge >= 0.3 is 0 Å². The molecular formula is C13H14Cl2FNO. The SMILES string of the molecule is O=C(NC1CCC(Cl)CC1)c1c(F)cccc1Cl. The average molecular weight is 290 g/mol. The zero-order valence-corrected chi connectivity index (χ0v) is 11.3. The van der Waals surface area contributed by atoms with E-state index in [-0.39, 0.29) is 22.0 Å². The summed E-state index contributed by atoms with van der Waals surface area (Å²) in [5.41, 5.74) is -0.0767. The number of hydrogen-bond donors (Lipinski definition) is 1. The summed E-state index contributed by atoms with van der Waals surface area (Å²) in [5, 5.41) is 3.14. The smallest absolute Gasteiger partial charge is 0.255 e. The van der Waals surface area contributed by atoms with Crippen molar-refractivity contribution in [3.05, 3.63) is 34.6 Å². The highest BCUT2D eigenvalue weighted by Crippen LogP contribution is 2.24. The monoisotopic (exact) mass is 289 g/mol. The molecule has 0 aromatic heterocycles. The first-order valence-electron chi connectivity index (χ1n) is 5.97. The number of benzene rings is 1. The lowest BCUT2D eigenvalue weighted by atomic mass is 9.95. The van der Waals surface area contributed by atoms with E-state index in [1.807, 2.05) is 0 Å². The third-order valence-electron chi connectivity index (χ3n) is 3.18. The average Bonchev–Trinajstić information content (AvgIpc) is 2.32. The van der Waals surface area contributed by atoms with Gasteiger partial charge in [-0.3, -0.25) is 4.79 Å². The van der Waals surface area contributed by atoms with Gasteiger partial charge in [0.15, 0.2) is 0 Å². The standard InChI is InChI=1S/C13H14Cl2FNO/c14-8-4-6-9(7-5-8)17-13(18)12-10(15)2-1-3-11(12)16/h1-3,8-9H,4-7H2,(H,17,18). The minimum atomic E-state index is -0.592. The molecule has 1 N–H and O–H groups in total. The van der Waals surface area contributed by atoms with Crippen LogP contribution in [-0.4, -0.2) is 17.3 Å². The lowest BCUT2D eigenvalue weighted by Crippen LogP contribution is -2.38. The van der Waals surface area contributed by atoms with Crippen LogP contribution in [0.25, 0.3) is 0 Å². The molecule has 98 valence electrons. The molecule has 0 bridgehead atoms. The Morgan fingerprint density at radius 1 is 1.28 bits per heavy atom. The van der Waals surface area contributed by atoms with E-state index in [1.165, 1.54) is 18.2 Å². The Morgan fingerprint density at radius 3 is 2.56 bits per heavy atom. The van der Waals surface area contributed by atoms with Crippen LogP contribution in [0.3, 0.4) is 0 Å². The van der Waals surface area contributed by atoms with Gasteiger partial charge in [-0.1, -0.05) is 17.7 Å². The lowest BCUT2D eigenvalue weighted by Gasteiger charge is -2.26. The van der Waals surface area contributed by atoms with Gasteiger partial charge in [-0.2, -0.15) is 0 Å². The van der Waals surface area contributed by atoms with Gasteiger partial charge in [0.1, 0.15) is 5.82 Å². The number of rotatable bonds is 2. The van der Waals surface area contributed by atoms with E-state index in [0.29, 0.717) is 0 Å². The summed E-state index contributed by atoms with van der Waals surface area (Å²) in [5.74, 6) is -1.04. The Hall–Kier alpha value is -0.800. The van der Waals surface area contributed by atoms with Crippen LogP contribution in [0.1, 0.15) is 36.0 Å². The van der Waals surface area contributed by atoms with Crippen molar-refractivity contribution in [2.45, 2.75) is 37.1 Å². The molecule has 2 rings (SSSR count). The van der Waals surface area contributed by atoms with Crippen LogP contribution >= 0.6 is 23.2 Å². The summed E-state index contributed by atoms with van der Waals surface area (Å²) in [6, 6.07) is 4.28. The van der Waals surface area contributed by atoms with Crippen LogP contribution in [0.5, 0.6) is 0 Å². The Bertz CT molecular complexity index is 424. The molecule has 1 aliphatic carbocycles. The van der Waals surface area contributed by atoms with E-state index < -0.39 is 11.7 Å². The molecule has 1 aromatic rings. The number of amides is 1. The van der Waals surface area contributed by atoms with E-state index in [1.54, 1.807) is 0 Å². The Labute approximate surface area is 115 Å². The fourth-order valence-electron chi connectivity index (χ4n) is 2.17. The molecule has 1 aromatic carbocycles. The first kappa shape index (κ1) is 13.6. The quantitative estimate of drug-likeness (QED) is 0.826. The van der Waals surface area contributed by atoms with Crippen LogP contribution < -0.4 is 5.32 Å². The molecule has 0 aliphatic heterocycles. The van der Waals surface area contributed by atoms with Crippen molar-refractivity contribution >= 4 is 29.1 Å². The molecule has 1 fully saturated rings. The zero-order valence-electron chi connectivity index (χ0n) is 9.76. The van der Waals surface area contributed by atoms with Gasteiger partial charge in [-0.25, -0.2) is 4.39 Å². The summed E-state index contributed by atoms with van der Waals surface area (Å²) >= 11 is 11.8. The number of carbonyl (C=O) groups is 1. The van der Waals surface area contributed by atoms with E-state index in [4.69, 9.17) is 23.2 Å². The third-order valence-corrected chi connectivity index (χ3v) is 3.93. The molecule has 1 aliphatic rings. The van der Waals surface area contributed by atoms with E-state index in [2.05, 4.69) is 5.32 Å². The molecule has 1 amide bonds. The molecular weight excluding hydrogens is 276 g/mol. The first-order chi connectivity index (χ1) is 8.58. The molecule has 5 heteroatoms. The first-order valence-corrected chi connectivity index (χ1v) is 6.78. The minimum absolute atomic E-state index is 0.0585. The predicted octanol–water partition coefficient (Wildman–Crippen LogP) is 3.76. The second-order valence-corrected chi connectivity index (χ2v) is 5.54. The van der Waals surface area contributed by atoms with E-state index in [0.717, 1.165) is 25.7 Å². The number of carbonyl (C=O) groups excluding carboxylic acids is 1. The summed E-state index contributed by atoms with van der Waals surface area (Å²) in [4.78, 5) is 12.0. The van der Waals surface area contributed by atoms with E-state index >= 15 is 0 Å². The lowest BCUT2D eigenvalue weighted by molar-refractivity contribution is 0.0924. The molecule has 0 unspecified atom stereocenters. The predicted molar refractivity (Wildman–Crippen MR) is 70.8 cm³/mol. The van der Waals surface area contributed by atoms with Gasteiger partial charge in [-0.05, 0) is 37.8 Å². The molecule has 0 heterocycles. The summed E-state index contributed by atoms with van der Waals surface area (Å²) in [6.45, 7) is 0. The molecule has 0 spiro atoms. The highest BCUT2D eigenvalue weighted by Gasteiger charge is 2.23. The van der Waals surface area contributed by atoms with Crippen molar-refractivity contribution in [3.63, 3.8) is 0 Å². The Kier molecular flexibility index (Phi) is 4.46. The van der Waals surface area contributed by atoms with Crippen LogP contribution in [0.4, 0.5) is 4.39 Å². The van der Waals surface area contributed by atoms with Gasteiger partial charge in [0, 0.05) is 11.4 Å². The van der Waals surface area contributed by atoms with Gasteiger partial charge in [0.2, 0.25) is 0 Å². The molecule has 1 saturated carbocycles. The highest BCUT2D eigenvalue weighted by atomic mass is 35.5. The summed E-state index contributed by atoms with van der Waals surface area (Å²) < 4.78 is 13.6. The number of alkyl halides is 1. The van der Waals surface area contributed by atoms with Crippen molar-refractivity contribution in [1.29, 1.82) is 0 Å². The van der Waals surface area contributed by atoms with Crippen molar-refractivity contribution in [2.75, 3.05) is 0 Å². The minimum Gasteiger partial charge on any atom is -0.349 e. The van der Waals surface area contributed by atoms with Crippen molar-refractivity contribution < 1.29 is 9.18 Å². The maximum absolute atomic E-state index is 13.6. The number of halogens is 3. The topological polar surface area (TPSA) is 29.1 Å². The van der Waals surface area contributed by atoms with Crippen LogP contribution in [-0.2, 0) is 0 Å². The fourth-order valence-corrected chi connectivity index (χ4v) is 2.67. The molecule has 18 heavy (non-hydrogen) atoms. The van der Waals surface area contributed by atoms with Gasteiger partial charge in [-0.15, -0.1) is 11.6 Å². The highest BCUT2D eigenvalue weighted by molar-refractivity contribution is 6.33.